The largest absolute Gasteiger partial charge is 0.497 e. The third-order valence-electron chi connectivity index (χ3n) is 4.96. The fraction of sp³-hybridized carbons (Fsp3) is 0.130. The van der Waals surface area contributed by atoms with Gasteiger partial charge in [0.1, 0.15) is 5.75 Å². The highest BCUT2D eigenvalue weighted by molar-refractivity contribution is 6.33. The van der Waals surface area contributed by atoms with Crippen LogP contribution in [0.3, 0.4) is 0 Å². The lowest BCUT2D eigenvalue weighted by molar-refractivity contribution is 0.0697. The van der Waals surface area contributed by atoms with Gasteiger partial charge >= 0.3 is 5.97 Å². The van der Waals surface area contributed by atoms with Crippen LogP contribution in [0.25, 0.3) is 0 Å². The van der Waals surface area contributed by atoms with Crippen LogP contribution in [-0.2, 0) is 0 Å². The number of aromatic carboxylic acids is 1. The van der Waals surface area contributed by atoms with Gasteiger partial charge in [0, 0.05) is 6.42 Å². The molecule has 146 valence electrons. The highest BCUT2D eigenvalue weighted by Crippen LogP contribution is 2.38. The molecule has 1 heterocycles. The van der Waals surface area contributed by atoms with Crippen molar-refractivity contribution in [1.29, 1.82) is 0 Å². The van der Waals surface area contributed by atoms with E-state index in [1.54, 1.807) is 25.3 Å². The van der Waals surface area contributed by atoms with E-state index in [1.807, 2.05) is 59.6 Å². The van der Waals surface area contributed by atoms with Crippen molar-refractivity contribution >= 4 is 29.0 Å². The summed E-state index contributed by atoms with van der Waals surface area (Å²) in [5, 5.41) is 16.4. The van der Waals surface area contributed by atoms with Crippen molar-refractivity contribution in [3.8, 4) is 5.75 Å². The first-order chi connectivity index (χ1) is 14.1. The van der Waals surface area contributed by atoms with Gasteiger partial charge in [-0.1, -0.05) is 54.1 Å². The molecule has 1 aliphatic rings. The molecule has 0 aliphatic carbocycles. The first-order valence-electron chi connectivity index (χ1n) is 9.16. The zero-order valence-electron chi connectivity index (χ0n) is 15.7. The second-order valence-corrected chi connectivity index (χ2v) is 7.13. The van der Waals surface area contributed by atoms with Gasteiger partial charge in [0.25, 0.3) is 0 Å². The highest BCUT2D eigenvalue weighted by Gasteiger charge is 2.30. The van der Waals surface area contributed by atoms with E-state index in [-0.39, 0.29) is 16.6 Å². The fourth-order valence-electron chi connectivity index (χ4n) is 3.46. The number of ether oxygens (including phenoxy) is 1. The zero-order chi connectivity index (χ0) is 20.4. The standard InChI is InChI=1S/C23H19ClN2O3/c1-29-18-10-7-16(8-11-18)22-14-21(15-5-3-2-4-6-15)25-26(22)17-9-12-20(24)19(13-17)23(27)28/h2-13,22H,14H2,1H3,(H,27,28)/t22-/m1/s1. The van der Waals surface area contributed by atoms with Gasteiger partial charge in [-0.3, -0.25) is 5.01 Å². The van der Waals surface area contributed by atoms with E-state index in [1.165, 1.54) is 0 Å². The fourth-order valence-corrected chi connectivity index (χ4v) is 3.66. The minimum absolute atomic E-state index is 0.0565. The summed E-state index contributed by atoms with van der Waals surface area (Å²) < 4.78 is 5.27. The molecule has 0 spiro atoms. The van der Waals surface area contributed by atoms with Crippen LogP contribution in [0.4, 0.5) is 5.69 Å². The molecule has 0 fully saturated rings. The van der Waals surface area contributed by atoms with Gasteiger partial charge in [-0.25, -0.2) is 4.79 Å². The number of halogens is 1. The van der Waals surface area contributed by atoms with E-state index in [0.717, 1.165) is 22.6 Å². The number of rotatable bonds is 5. The van der Waals surface area contributed by atoms with Crippen molar-refractivity contribution in [1.82, 2.24) is 0 Å². The zero-order valence-corrected chi connectivity index (χ0v) is 16.5. The Kier molecular flexibility index (Phi) is 5.23. The number of nitrogens with zero attached hydrogens (tertiary/aromatic N) is 2. The summed E-state index contributed by atoms with van der Waals surface area (Å²) >= 11 is 6.06. The van der Waals surface area contributed by atoms with Crippen LogP contribution in [-0.4, -0.2) is 23.9 Å². The molecule has 5 nitrogen and oxygen atoms in total. The van der Waals surface area contributed by atoms with Gasteiger partial charge in [-0.2, -0.15) is 5.10 Å². The van der Waals surface area contributed by atoms with Crippen molar-refractivity contribution < 1.29 is 14.6 Å². The van der Waals surface area contributed by atoms with Gasteiger partial charge in [-0.05, 0) is 41.5 Å². The van der Waals surface area contributed by atoms with Crippen LogP contribution >= 0.6 is 11.6 Å². The summed E-state index contributed by atoms with van der Waals surface area (Å²) in [5.41, 5.74) is 3.78. The van der Waals surface area contributed by atoms with E-state index in [0.29, 0.717) is 12.1 Å². The molecule has 0 aromatic heterocycles. The molecule has 0 unspecified atom stereocenters. The van der Waals surface area contributed by atoms with E-state index >= 15 is 0 Å². The Labute approximate surface area is 173 Å². The van der Waals surface area contributed by atoms with Gasteiger partial charge in [0.15, 0.2) is 0 Å². The molecular formula is C23H19ClN2O3. The summed E-state index contributed by atoms with van der Waals surface area (Å²) in [6, 6.07) is 22.7. The molecule has 0 amide bonds. The maximum Gasteiger partial charge on any atom is 0.337 e. The lowest BCUT2D eigenvalue weighted by Crippen LogP contribution is -2.19. The maximum absolute atomic E-state index is 11.5. The Hall–Kier alpha value is -3.31. The summed E-state index contributed by atoms with van der Waals surface area (Å²) in [7, 11) is 1.63. The van der Waals surface area contributed by atoms with Gasteiger partial charge < -0.3 is 9.84 Å². The SMILES string of the molecule is COc1ccc([C@H]2CC(c3ccccc3)=NN2c2ccc(Cl)c(C(=O)O)c2)cc1. The number of methoxy groups -OCH3 is 1. The van der Waals surface area contributed by atoms with Crippen LogP contribution in [0.1, 0.15) is 33.9 Å². The Bertz CT molecular complexity index is 1070. The van der Waals surface area contributed by atoms with Crippen molar-refractivity contribution in [2.75, 3.05) is 12.1 Å². The van der Waals surface area contributed by atoms with E-state index < -0.39 is 5.97 Å². The van der Waals surface area contributed by atoms with Crippen LogP contribution in [0, 0.1) is 0 Å². The molecule has 0 bridgehead atoms. The molecule has 29 heavy (non-hydrogen) atoms. The Morgan fingerprint density at radius 2 is 1.83 bits per heavy atom. The minimum atomic E-state index is -1.07. The molecule has 0 radical (unpaired) electrons. The molecule has 4 rings (SSSR count). The average Bonchev–Trinajstić information content (AvgIpc) is 3.20. The first-order valence-corrected chi connectivity index (χ1v) is 9.53. The van der Waals surface area contributed by atoms with Crippen molar-refractivity contribution in [2.24, 2.45) is 5.10 Å². The number of carboxylic acid groups (broad SMARTS) is 1. The third-order valence-corrected chi connectivity index (χ3v) is 5.29. The minimum Gasteiger partial charge on any atom is -0.497 e. The van der Waals surface area contributed by atoms with Gasteiger partial charge in [0.2, 0.25) is 0 Å². The predicted octanol–water partition coefficient (Wildman–Crippen LogP) is 5.40. The molecule has 6 heteroatoms. The summed E-state index contributed by atoms with van der Waals surface area (Å²) in [4.78, 5) is 11.5. The van der Waals surface area contributed by atoms with Crippen LogP contribution in [0.5, 0.6) is 5.75 Å². The second kappa shape index (κ2) is 7.97. The number of benzene rings is 3. The molecule has 3 aromatic carbocycles. The number of hydrazone groups is 1. The van der Waals surface area contributed by atoms with Crippen molar-refractivity contribution in [2.45, 2.75) is 12.5 Å². The van der Waals surface area contributed by atoms with E-state index in [2.05, 4.69) is 0 Å². The number of hydrogen-bond donors (Lipinski definition) is 1. The molecule has 1 aliphatic heterocycles. The molecule has 1 N–H and O–H groups in total. The first kappa shape index (κ1) is 19.0. The second-order valence-electron chi connectivity index (χ2n) is 6.72. The Morgan fingerprint density at radius 1 is 1.10 bits per heavy atom. The highest BCUT2D eigenvalue weighted by atomic mass is 35.5. The summed E-state index contributed by atoms with van der Waals surface area (Å²) in [6.07, 6.45) is 0.696. The Balaban J connectivity index is 1.77. The topological polar surface area (TPSA) is 62.1 Å². The predicted molar refractivity (Wildman–Crippen MR) is 114 cm³/mol. The molecule has 3 aromatic rings. The lowest BCUT2D eigenvalue weighted by atomic mass is 9.98. The summed E-state index contributed by atoms with van der Waals surface area (Å²) in [6.45, 7) is 0. The van der Waals surface area contributed by atoms with E-state index in [9.17, 15) is 9.90 Å². The van der Waals surface area contributed by atoms with Gasteiger partial charge in [-0.15, -0.1) is 0 Å². The van der Waals surface area contributed by atoms with Crippen LogP contribution < -0.4 is 9.75 Å². The number of carbonyl (C=O) groups is 1. The number of carboxylic acids is 1. The summed E-state index contributed by atoms with van der Waals surface area (Å²) in [5.74, 6) is -0.286. The molecule has 0 saturated carbocycles. The van der Waals surface area contributed by atoms with Crippen molar-refractivity contribution in [3.63, 3.8) is 0 Å². The van der Waals surface area contributed by atoms with Crippen LogP contribution in [0.2, 0.25) is 5.02 Å². The molecular weight excluding hydrogens is 388 g/mol. The normalized spacial score (nSPS) is 15.9. The molecule has 0 saturated heterocycles. The van der Waals surface area contributed by atoms with Gasteiger partial charge in [0.05, 0.1) is 35.1 Å². The lowest BCUT2D eigenvalue weighted by Gasteiger charge is -2.24. The number of hydrogen-bond acceptors (Lipinski definition) is 4. The molecule has 1 atom stereocenters. The quantitative estimate of drug-likeness (QED) is 0.616. The van der Waals surface area contributed by atoms with E-state index in [4.69, 9.17) is 21.4 Å². The monoisotopic (exact) mass is 406 g/mol. The maximum atomic E-state index is 11.5. The average molecular weight is 407 g/mol. The number of anilines is 1. The smallest absolute Gasteiger partial charge is 0.337 e. The van der Waals surface area contributed by atoms with Crippen molar-refractivity contribution in [3.05, 3.63) is 94.5 Å². The third kappa shape index (κ3) is 3.82. The van der Waals surface area contributed by atoms with Crippen LogP contribution in [0.15, 0.2) is 77.9 Å². The Morgan fingerprint density at radius 3 is 2.48 bits per heavy atom.